The lowest BCUT2D eigenvalue weighted by Crippen LogP contribution is -2.29. The second-order valence-corrected chi connectivity index (χ2v) is 5.10. The van der Waals surface area contributed by atoms with E-state index in [1.165, 1.54) is 12.8 Å². The Morgan fingerprint density at radius 1 is 1.50 bits per heavy atom. The van der Waals surface area contributed by atoms with Gasteiger partial charge in [-0.15, -0.1) is 0 Å². The summed E-state index contributed by atoms with van der Waals surface area (Å²) in [5.41, 5.74) is 7.04. The highest BCUT2D eigenvalue weighted by molar-refractivity contribution is 5.38. The molecule has 0 unspecified atom stereocenters. The molecule has 0 aromatic carbocycles. The first-order valence-corrected chi connectivity index (χ1v) is 6.10. The highest BCUT2D eigenvalue weighted by atomic mass is 15.2. The first-order valence-electron chi connectivity index (χ1n) is 6.10. The Kier molecular flexibility index (Phi) is 3.44. The van der Waals surface area contributed by atoms with Gasteiger partial charge in [-0.3, -0.25) is 4.90 Å². The minimum Gasteiger partial charge on any atom is -0.383 e. The van der Waals surface area contributed by atoms with Gasteiger partial charge in [0.25, 0.3) is 0 Å². The van der Waals surface area contributed by atoms with E-state index in [9.17, 15) is 0 Å². The van der Waals surface area contributed by atoms with Gasteiger partial charge in [0.1, 0.15) is 5.82 Å². The standard InChI is InChI=1S/C13H21N3/c1-10(2)8-16(12-5-6-12)9-11-4-3-7-15-13(11)14/h3-4,7,10,12H,5-6,8-9H2,1-2H3,(H2,14,15). The molecule has 88 valence electrons. The van der Waals surface area contributed by atoms with Crippen molar-refractivity contribution < 1.29 is 0 Å². The van der Waals surface area contributed by atoms with Gasteiger partial charge in [0.05, 0.1) is 0 Å². The predicted octanol–water partition coefficient (Wildman–Crippen LogP) is 2.28. The third kappa shape index (κ3) is 2.95. The van der Waals surface area contributed by atoms with Gasteiger partial charge in [0.2, 0.25) is 0 Å². The van der Waals surface area contributed by atoms with Crippen LogP contribution in [0.5, 0.6) is 0 Å². The summed E-state index contributed by atoms with van der Waals surface area (Å²) in [6.07, 6.45) is 4.43. The van der Waals surface area contributed by atoms with Crippen molar-refractivity contribution in [1.82, 2.24) is 9.88 Å². The van der Waals surface area contributed by atoms with E-state index in [1.54, 1.807) is 6.20 Å². The highest BCUT2D eigenvalue weighted by Gasteiger charge is 2.29. The molecule has 1 aliphatic rings. The van der Waals surface area contributed by atoms with Crippen molar-refractivity contribution in [2.24, 2.45) is 5.92 Å². The third-order valence-electron chi connectivity index (χ3n) is 2.96. The zero-order chi connectivity index (χ0) is 11.5. The Morgan fingerprint density at radius 3 is 2.81 bits per heavy atom. The van der Waals surface area contributed by atoms with Crippen LogP contribution in [0.2, 0.25) is 0 Å². The number of anilines is 1. The molecule has 3 nitrogen and oxygen atoms in total. The van der Waals surface area contributed by atoms with Crippen molar-refractivity contribution >= 4 is 5.82 Å². The monoisotopic (exact) mass is 219 g/mol. The summed E-state index contributed by atoms with van der Waals surface area (Å²) in [6.45, 7) is 6.63. The van der Waals surface area contributed by atoms with Crippen LogP contribution >= 0.6 is 0 Å². The summed E-state index contributed by atoms with van der Waals surface area (Å²) in [5.74, 6) is 1.38. The minimum absolute atomic E-state index is 0.678. The van der Waals surface area contributed by atoms with Gasteiger partial charge in [-0.25, -0.2) is 4.98 Å². The van der Waals surface area contributed by atoms with E-state index in [1.807, 2.05) is 6.07 Å². The van der Waals surface area contributed by atoms with Gasteiger partial charge >= 0.3 is 0 Å². The maximum Gasteiger partial charge on any atom is 0.127 e. The minimum atomic E-state index is 0.678. The van der Waals surface area contributed by atoms with E-state index in [0.717, 1.165) is 24.7 Å². The van der Waals surface area contributed by atoms with Crippen LogP contribution in [0.25, 0.3) is 0 Å². The lowest BCUT2D eigenvalue weighted by Gasteiger charge is -2.24. The largest absolute Gasteiger partial charge is 0.383 e. The molecule has 0 radical (unpaired) electrons. The summed E-state index contributed by atoms with van der Waals surface area (Å²) >= 11 is 0. The fraction of sp³-hybridized carbons (Fsp3) is 0.615. The van der Waals surface area contributed by atoms with Crippen LogP contribution in [-0.4, -0.2) is 22.5 Å². The molecule has 1 fully saturated rings. The lowest BCUT2D eigenvalue weighted by atomic mass is 10.1. The van der Waals surface area contributed by atoms with Crippen molar-refractivity contribution in [3.63, 3.8) is 0 Å². The van der Waals surface area contributed by atoms with Crippen molar-refractivity contribution in [1.29, 1.82) is 0 Å². The van der Waals surface area contributed by atoms with E-state index >= 15 is 0 Å². The second-order valence-electron chi connectivity index (χ2n) is 5.10. The average Bonchev–Trinajstić information content (AvgIpc) is 3.03. The van der Waals surface area contributed by atoms with E-state index in [2.05, 4.69) is 29.8 Å². The van der Waals surface area contributed by atoms with Gasteiger partial charge in [0, 0.05) is 30.9 Å². The Hall–Kier alpha value is -1.09. The molecule has 0 amide bonds. The SMILES string of the molecule is CC(C)CN(Cc1cccnc1N)C1CC1. The maximum absolute atomic E-state index is 5.88. The smallest absolute Gasteiger partial charge is 0.127 e. The van der Waals surface area contributed by atoms with Gasteiger partial charge < -0.3 is 5.73 Å². The number of nitrogen functional groups attached to an aromatic ring is 1. The molecule has 2 rings (SSSR count). The number of rotatable bonds is 5. The molecule has 0 saturated heterocycles. The highest BCUT2D eigenvalue weighted by Crippen LogP contribution is 2.29. The summed E-state index contributed by atoms with van der Waals surface area (Å²) in [4.78, 5) is 6.68. The third-order valence-corrected chi connectivity index (χ3v) is 2.96. The van der Waals surface area contributed by atoms with Crippen LogP contribution < -0.4 is 5.73 Å². The number of pyridine rings is 1. The molecular weight excluding hydrogens is 198 g/mol. The Morgan fingerprint density at radius 2 is 2.25 bits per heavy atom. The fourth-order valence-electron chi connectivity index (χ4n) is 2.05. The Labute approximate surface area is 97.7 Å². The Bertz CT molecular complexity index is 345. The topological polar surface area (TPSA) is 42.2 Å². The molecule has 0 atom stereocenters. The first-order chi connectivity index (χ1) is 7.66. The molecule has 0 bridgehead atoms. The summed E-state index contributed by atoms with van der Waals surface area (Å²) < 4.78 is 0. The molecular formula is C13H21N3. The van der Waals surface area contributed by atoms with E-state index in [0.29, 0.717) is 11.7 Å². The zero-order valence-corrected chi connectivity index (χ0v) is 10.2. The van der Waals surface area contributed by atoms with Crippen molar-refractivity contribution in [3.05, 3.63) is 23.9 Å². The molecule has 1 aliphatic carbocycles. The summed E-state index contributed by atoms with van der Waals surface area (Å²) in [6, 6.07) is 4.83. The molecule has 3 heteroatoms. The molecule has 1 saturated carbocycles. The van der Waals surface area contributed by atoms with Crippen LogP contribution in [0, 0.1) is 5.92 Å². The van der Waals surface area contributed by atoms with Crippen LogP contribution in [-0.2, 0) is 6.54 Å². The fourth-order valence-corrected chi connectivity index (χ4v) is 2.05. The average molecular weight is 219 g/mol. The second kappa shape index (κ2) is 4.83. The van der Waals surface area contributed by atoms with Crippen LogP contribution in [0.3, 0.4) is 0 Å². The van der Waals surface area contributed by atoms with Gasteiger partial charge in [-0.05, 0) is 24.8 Å². The Balaban J connectivity index is 2.02. The van der Waals surface area contributed by atoms with E-state index in [4.69, 9.17) is 5.73 Å². The van der Waals surface area contributed by atoms with Crippen molar-refractivity contribution in [3.8, 4) is 0 Å². The predicted molar refractivity (Wildman–Crippen MR) is 66.9 cm³/mol. The normalized spacial score (nSPS) is 16.0. The van der Waals surface area contributed by atoms with Crippen molar-refractivity contribution in [2.45, 2.75) is 39.3 Å². The molecule has 0 aliphatic heterocycles. The number of nitrogens with two attached hydrogens (primary N) is 1. The molecule has 0 spiro atoms. The molecule has 1 aromatic heterocycles. The molecule has 1 heterocycles. The maximum atomic E-state index is 5.88. The van der Waals surface area contributed by atoms with Gasteiger partial charge in [-0.2, -0.15) is 0 Å². The molecule has 2 N–H and O–H groups in total. The number of aromatic nitrogens is 1. The lowest BCUT2D eigenvalue weighted by molar-refractivity contribution is 0.226. The quantitative estimate of drug-likeness (QED) is 0.826. The van der Waals surface area contributed by atoms with Gasteiger partial charge in [-0.1, -0.05) is 19.9 Å². The van der Waals surface area contributed by atoms with E-state index in [-0.39, 0.29) is 0 Å². The molecule has 1 aromatic rings. The summed E-state index contributed by atoms with van der Waals surface area (Å²) in [5, 5.41) is 0. The number of hydrogen-bond donors (Lipinski definition) is 1. The van der Waals surface area contributed by atoms with Crippen LogP contribution in [0.4, 0.5) is 5.82 Å². The molecule has 16 heavy (non-hydrogen) atoms. The van der Waals surface area contributed by atoms with E-state index < -0.39 is 0 Å². The zero-order valence-electron chi connectivity index (χ0n) is 10.2. The van der Waals surface area contributed by atoms with Crippen molar-refractivity contribution in [2.75, 3.05) is 12.3 Å². The van der Waals surface area contributed by atoms with Crippen LogP contribution in [0.15, 0.2) is 18.3 Å². The number of nitrogens with zero attached hydrogens (tertiary/aromatic N) is 2. The summed E-state index contributed by atoms with van der Waals surface area (Å²) in [7, 11) is 0. The van der Waals surface area contributed by atoms with Crippen LogP contribution in [0.1, 0.15) is 32.3 Å². The number of hydrogen-bond acceptors (Lipinski definition) is 3. The van der Waals surface area contributed by atoms with Gasteiger partial charge in [0.15, 0.2) is 0 Å². The first kappa shape index (κ1) is 11.4.